The van der Waals surface area contributed by atoms with Crippen LogP contribution in [-0.2, 0) is 14.3 Å². The van der Waals surface area contributed by atoms with Gasteiger partial charge in [0.2, 0.25) is 0 Å². The minimum Gasteiger partial charge on any atom is -0.454 e. The van der Waals surface area contributed by atoms with E-state index >= 15 is 0 Å². The SMILES string of the molecule is C[C@H](NC(=O)c1ccccc1)C(=O)OCC(=O)NCCCSc1ccccc1. The van der Waals surface area contributed by atoms with Crippen LogP contribution in [0.4, 0.5) is 0 Å². The lowest BCUT2D eigenvalue weighted by atomic mass is 10.2. The molecule has 0 aliphatic carbocycles. The maximum Gasteiger partial charge on any atom is 0.328 e. The minimum absolute atomic E-state index is 0.361. The van der Waals surface area contributed by atoms with E-state index in [0.29, 0.717) is 12.1 Å². The van der Waals surface area contributed by atoms with Crippen molar-refractivity contribution in [3.63, 3.8) is 0 Å². The van der Waals surface area contributed by atoms with Gasteiger partial charge in [-0.1, -0.05) is 36.4 Å². The lowest BCUT2D eigenvalue weighted by molar-refractivity contribution is -0.150. The highest BCUT2D eigenvalue weighted by Gasteiger charge is 2.18. The lowest BCUT2D eigenvalue weighted by Gasteiger charge is -2.13. The van der Waals surface area contributed by atoms with Crippen molar-refractivity contribution >= 4 is 29.5 Å². The van der Waals surface area contributed by atoms with E-state index in [-0.39, 0.29) is 18.4 Å². The molecule has 148 valence electrons. The monoisotopic (exact) mass is 400 g/mol. The first kappa shape index (κ1) is 21.5. The van der Waals surface area contributed by atoms with Crippen LogP contribution in [0.5, 0.6) is 0 Å². The van der Waals surface area contributed by atoms with Gasteiger partial charge < -0.3 is 15.4 Å². The standard InChI is InChI=1S/C21H24N2O4S/c1-16(23-20(25)17-9-4-2-5-10-17)21(26)27-15-19(24)22-13-8-14-28-18-11-6-3-7-12-18/h2-7,9-12,16H,8,13-15H2,1H3,(H,22,24)(H,23,25)/t16-/m0/s1. The molecule has 2 aromatic carbocycles. The molecule has 0 bridgehead atoms. The van der Waals surface area contributed by atoms with E-state index in [0.717, 1.165) is 12.2 Å². The van der Waals surface area contributed by atoms with Crippen LogP contribution in [0, 0.1) is 0 Å². The van der Waals surface area contributed by atoms with Crippen molar-refractivity contribution in [1.82, 2.24) is 10.6 Å². The van der Waals surface area contributed by atoms with Crippen molar-refractivity contribution < 1.29 is 19.1 Å². The second kappa shape index (κ2) is 11.8. The summed E-state index contributed by atoms with van der Waals surface area (Å²) in [7, 11) is 0. The molecule has 7 heteroatoms. The summed E-state index contributed by atoms with van der Waals surface area (Å²) in [6.45, 7) is 1.66. The van der Waals surface area contributed by atoms with Gasteiger partial charge in [-0.05, 0) is 43.4 Å². The van der Waals surface area contributed by atoms with Crippen LogP contribution in [0.15, 0.2) is 65.6 Å². The predicted octanol–water partition coefficient (Wildman–Crippen LogP) is 2.65. The molecular formula is C21H24N2O4S. The van der Waals surface area contributed by atoms with E-state index < -0.39 is 12.0 Å². The predicted molar refractivity (Wildman–Crippen MR) is 109 cm³/mol. The molecule has 0 fully saturated rings. The highest BCUT2D eigenvalue weighted by Crippen LogP contribution is 2.17. The average molecular weight is 401 g/mol. The zero-order chi connectivity index (χ0) is 20.2. The van der Waals surface area contributed by atoms with E-state index in [1.54, 1.807) is 42.1 Å². The fourth-order valence-electron chi connectivity index (χ4n) is 2.25. The van der Waals surface area contributed by atoms with Gasteiger partial charge in [0.05, 0.1) is 0 Å². The van der Waals surface area contributed by atoms with Crippen LogP contribution < -0.4 is 10.6 Å². The molecule has 0 saturated heterocycles. The van der Waals surface area contributed by atoms with Gasteiger partial charge in [-0.3, -0.25) is 9.59 Å². The molecule has 0 spiro atoms. The fraction of sp³-hybridized carbons (Fsp3) is 0.286. The largest absolute Gasteiger partial charge is 0.454 e. The molecule has 0 heterocycles. The first-order chi connectivity index (χ1) is 13.6. The molecule has 0 radical (unpaired) electrons. The number of thioether (sulfide) groups is 1. The van der Waals surface area contributed by atoms with Gasteiger partial charge in [0.25, 0.3) is 11.8 Å². The quantitative estimate of drug-likeness (QED) is 0.364. The molecule has 28 heavy (non-hydrogen) atoms. The topological polar surface area (TPSA) is 84.5 Å². The highest BCUT2D eigenvalue weighted by molar-refractivity contribution is 7.99. The molecule has 2 rings (SSSR count). The summed E-state index contributed by atoms with van der Waals surface area (Å²) in [5.41, 5.74) is 0.452. The van der Waals surface area contributed by atoms with Crippen molar-refractivity contribution in [3.8, 4) is 0 Å². The molecule has 0 saturated carbocycles. The van der Waals surface area contributed by atoms with E-state index in [1.807, 2.05) is 30.3 Å². The van der Waals surface area contributed by atoms with Crippen molar-refractivity contribution in [1.29, 1.82) is 0 Å². The number of hydrogen-bond acceptors (Lipinski definition) is 5. The van der Waals surface area contributed by atoms with Crippen molar-refractivity contribution in [3.05, 3.63) is 66.2 Å². The molecule has 2 N–H and O–H groups in total. The van der Waals surface area contributed by atoms with Crippen LogP contribution in [0.1, 0.15) is 23.7 Å². The Hall–Kier alpha value is -2.80. The van der Waals surface area contributed by atoms with Crippen LogP contribution in [-0.4, -0.2) is 42.7 Å². The van der Waals surface area contributed by atoms with Gasteiger partial charge in [-0.2, -0.15) is 0 Å². The van der Waals surface area contributed by atoms with Gasteiger partial charge >= 0.3 is 5.97 Å². The Kier molecular flexibility index (Phi) is 9.07. The molecule has 6 nitrogen and oxygen atoms in total. The molecular weight excluding hydrogens is 376 g/mol. The van der Waals surface area contributed by atoms with Crippen LogP contribution >= 0.6 is 11.8 Å². The second-order valence-electron chi connectivity index (χ2n) is 6.03. The summed E-state index contributed by atoms with van der Waals surface area (Å²) in [6.07, 6.45) is 0.808. The Morgan fingerprint density at radius 3 is 2.32 bits per heavy atom. The Bertz CT molecular complexity index is 768. The highest BCUT2D eigenvalue weighted by atomic mass is 32.2. The number of rotatable bonds is 10. The Morgan fingerprint density at radius 2 is 1.64 bits per heavy atom. The molecule has 0 aromatic heterocycles. The number of esters is 1. The summed E-state index contributed by atoms with van der Waals surface area (Å²) in [5, 5.41) is 5.26. The third-order valence-electron chi connectivity index (χ3n) is 3.74. The minimum atomic E-state index is -0.845. The summed E-state index contributed by atoms with van der Waals surface area (Å²) < 4.78 is 4.96. The number of hydrogen-bond donors (Lipinski definition) is 2. The maximum absolute atomic E-state index is 12.0. The zero-order valence-electron chi connectivity index (χ0n) is 15.7. The summed E-state index contributed by atoms with van der Waals surface area (Å²) in [5.74, 6) is -0.503. The van der Waals surface area contributed by atoms with E-state index in [9.17, 15) is 14.4 Å². The van der Waals surface area contributed by atoms with Crippen molar-refractivity contribution in [2.45, 2.75) is 24.3 Å². The third-order valence-corrected chi connectivity index (χ3v) is 4.84. The summed E-state index contributed by atoms with van der Waals surface area (Å²) >= 11 is 1.72. The summed E-state index contributed by atoms with van der Waals surface area (Å²) in [6, 6.07) is 17.8. The fourth-order valence-corrected chi connectivity index (χ4v) is 3.12. The van der Waals surface area contributed by atoms with E-state index in [2.05, 4.69) is 10.6 Å². The lowest BCUT2D eigenvalue weighted by Crippen LogP contribution is -2.41. The first-order valence-electron chi connectivity index (χ1n) is 9.03. The molecule has 2 aromatic rings. The molecule has 0 unspecified atom stereocenters. The summed E-state index contributed by atoms with van der Waals surface area (Å²) in [4.78, 5) is 36.9. The van der Waals surface area contributed by atoms with Crippen LogP contribution in [0.3, 0.4) is 0 Å². The number of benzene rings is 2. The van der Waals surface area contributed by atoms with Gasteiger partial charge in [-0.15, -0.1) is 11.8 Å². The average Bonchev–Trinajstić information content (AvgIpc) is 2.73. The van der Waals surface area contributed by atoms with Crippen LogP contribution in [0.2, 0.25) is 0 Å². The number of amides is 2. The number of ether oxygens (including phenoxy) is 1. The van der Waals surface area contributed by atoms with E-state index in [4.69, 9.17) is 4.74 Å². The Labute approximate surface area is 169 Å². The number of carbonyl (C=O) groups excluding carboxylic acids is 3. The van der Waals surface area contributed by atoms with E-state index in [1.165, 1.54) is 11.8 Å². The normalized spacial score (nSPS) is 11.3. The van der Waals surface area contributed by atoms with Crippen LogP contribution in [0.25, 0.3) is 0 Å². The van der Waals surface area contributed by atoms with Crippen molar-refractivity contribution in [2.75, 3.05) is 18.9 Å². The van der Waals surface area contributed by atoms with Gasteiger partial charge in [0.15, 0.2) is 6.61 Å². The smallest absolute Gasteiger partial charge is 0.328 e. The first-order valence-corrected chi connectivity index (χ1v) is 10.0. The second-order valence-corrected chi connectivity index (χ2v) is 7.20. The van der Waals surface area contributed by atoms with Gasteiger partial charge in [0, 0.05) is 17.0 Å². The molecule has 1 atom stereocenters. The third kappa shape index (κ3) is 7.84. The van der Waals surface area contributed by atoms with Gasteiger partial charge in [-0.25, -0.2) is 4.79 Å². The number of carbonyl (C=O) groups is 3. The Morgan fingerprint density at radius 1 is 1.00 bits per heavy atom. The molecule has 0 aliphatic heterocycles. The number of nitrogens with one attached hydrogen (secondary N) is 2. The molecule has 0 aliphatic rings. The maximum atomic E-state index is 12.0. The van der Waals surface area contributed by atoms with Gasteiger partial charge in [0.1, 0.15) is 6.04 Å². The molecule has 2 amide bonds. The Balaban J connectivity index is 1.58. The van der Waals surface area contributed by atoms with Crippen molar-refractivity contribution in [2.24, 2.45) is 0 Å². The zero-order valence-corrected chi connectivity index (χ0v) is 16.5.